The maximum absolute atomic E-state index is 13.4. The highest BCUT2D eigenvalue weighted by Gasteiger charge is 2.33. The van der Waals surface area contributed by atoms with Crippen molar-refractivity contribution in [3.63, 3.8) is 0 Å². The monoisotopic (exact) mass is 321 g/mol. The normalized spacial score (nSPS) is 19.4. The minimum atomic E-state index is -3.66. The molecule has 0 radical (unpaired) electrons. The molecule has 1 aromatic rings. The average Bonchev–Trinajstić information content (AvgIpc) is 2.66. The summed E-state index contributed by atoms with van der Waals surface area (Å²) >= 11 is 0. The fourth-order valence-electron chi connectivity index (χ4n) is 2.25. The van der Waals surface area contributed by atoms with Gasteiger partial charge in [0.1, 0.15) is 11.6 Å². The number of anilines is 1. The van der Waals surface area contributed by atoms with E-state index in [9.17, 15) is 17.6 Å². The molecule has 0 aliphatic carbocycles. The highest BCUT2D eigenvalue weighted by Crippen LogP contribution is 2.30. The summed E-state index contributed by atoms with van der Waals surface area (Å²) in [5.74, 6) is -1.16. The van der Waals surface area contributed by atoms with E-state index in [0.29, 0.717) is 11.4 Å². The van der Waals surface area contributed by atoms with Gasteiger partial charge in [-0.2, -0.15) is 0 Å². The van der Waals surface area contributed by atoms with Gasteiger partial charge in [-0.25, -0.2) is 12.8 Å². The molecule has 20 heavy (non-hydrogen) atoms. The van der Waals surface area contributed by atoms with Crippen molar-refractivity contribution in [1.29, 1.82) is 0 Å². The number of ether oxygens (including phenoxy) is 1. The number of hydrogen-bond donors (Lipinski definition) is 0. The second kappa shape index (κ2) is 5.57. The van der Waals surface area contributed by atoms with Gasteiger partial charge in [0.05, 0.1) is 18.6 Å². The number of benzene rings is 1. The number of carbonyl (C=O) groups excluding carboxylic acids is 1. The second-order valence-electron chi connectivity index (χ2n) is 4.63. The number of rotatable bonds is 4. The first-order chi connectivity index (χ1) is 9.28. The summed E-state index contributed by atoms with van der Waals surface area (Å²) in [6, 6.07) is 3.93. The summed E-state index contributed by atoms with van der Waals surface area (Å²) < 4.78 is 40.5. The lowest BCUT2D eigenvalue weighted by molar-refractivity contribution is -0.117. The molecule has 2 rings (SSSR count). The molecule has 1 amide bonds. The maximum Gasteiger partial charge on any atom is 0.232 e. The molecule has 0 saturated carbocycles. The van der Waals surface area contributed by atoms with Crippen LogP contribution in [-0.4, -0.2) is 33.7 Å². The number of halogens is 2. The Bertz CT molecular complexity index is 634. The Morgan fingerprint density at radius 3 is 2.75 bits per heavy atom. The van der Waals surface area contributed by atoms with E-state index in [1.807, 2.05) is 0 Å². The highest BCUT2D eigenvalue weighted by molar-refractivity contribution is 8.13. The first kappa shape index (κ1) is 15.1. The molecule has 0 N–H and O–H groups in total. The largest absolute Gasteiger partial charge is 0.497 e. The Hall–Kier alpha value is -1.34. The molecule has 0 bridgehead atoms. The van der Waals surface area contributed by atoms with Gasteiger partial charge in [0.25, 0.3) is 0 Å². The molecule has 1 heterocycles. The lowest BCUT2D eigenvalue weighted by atomic mass is 10.1. The smallest absolute Gasteiger partial charge is 0.232 e. The predicted molar refractivity (Wildman–Crippen MR) is 73.1 cm³/mol. The fraction of sp³-hybridized carbons (Fsp3) is 0.417. The van der Waals surface area contributed by atoms with Gasteiger partial charge in [0.2, 0.25) is 15.0 Å². The van der Waals surface area contributed by atoms with Crippen LogP contribution in [0.25, 0.3) is 0 Å². The van der Waals surface area contributed by atoms with Crippen LogP contribution >= 0.6 is 10.7 Å². The summed E-state index contributed by atoms with van der Waals surface area (Å²) in [6.45, 7) is 0.192. The Labute approximate surface area is 120 Å². The Balaban J connectivity index is 2.21. The van der Waals surface area contributed by atoms with Crippen molar-refractivity contribution in [2.75, 3.05) is 24.3 Å². The summed E-state index contributed by atoms with van der Waals surface area (Å²) in [5, 5.41) is 0. The van der Waals surface area contributed by atoms with Crippen molar-refractivity contribution in [3.8, 4) is 5.75 Å². The highest BCUT2D eigenvalue weighted by atomic mass is 35.7. The molecule has 1 saturated heterocycles. The third-order valence-corrected chi connectivity index (χ3v) is 4.29. The number of methoxy groups -OCH3 is 1. The van der Waals surface area contributed by atoms with E-state index in [1.54, 1.807) is 0 Å². The standard InChI is InChI=1S/C12H13ClFNO4S/c1-19-11-4-9(14)3-10(5-11)15-6-8(2-12(15)16)7-20(13,17)18/h3-5,8H,2,6-7H2,1H3. The van der Waals surface area contributed by atoms with E-state index in [-0.39, 0.29) is 30.5 Å². The molecular weight excluding hydrogens is 309 g/mol. The van der Waals surface area contributed by atoms with Crippen LogP contribution < -0.4 is 9.64 Å². The topological polar surface area (TPSA) is 63.7 Å². The van der Waals surface area contributed by atoms with Crippen LogP contribution in [0.1, 0.15) is 6.42 Å². The summed E-state index contributed by atoms with van der Waals surface area (Å²) in [6.07, 6.45) is 0.0742. The van der Waals surface area contributed by atoms with Gasteiger partial charge in [-0.05, 0) is 6.07 Å². The van der Waals surface area contributed by atoms with Gasteiger partial charge in [-0.15, -0.1) is 0 Å². The van der Waals surface area contributed by atoms with Crippen molar-refractivity contribution < 1.29 is 22.3 Å². The second-order valence-corrected chi connectivity index (χ2v) is 7.45. The van der Waals surface area contributed by atoms with Gasteiger partial charge >= 0.3 is 0 Å². The van der Waals surface area contributed by atoms with Crippen LogP contribution in [0.4, 0.5) is 10.1 Å². The average molecular weight is 322 g/mol. The molecule has 1 fully saturated rings. The van der Waals surface area contributed by atoms with E-state index in [4.69, 9.17) is 15.4 Å². The molecule has 5 nitrogen and oxygen atoms in total. The quantitative estimate of drug-likeness (QED) is 0.793. The zero-order valence-corrected chi connectivity index (χ0v) is 12.2. The van der Waals surface area contributed by atoms with E-state index < -0.39 is 14.9 Å². The van der Waals surface area contributed by atoms with Gasteiger partial charge in [-0.1, -0.05) is 0 Å². The van der Waals surface area contributed by atoms with E-state index in [2.05, 4.69) is 0 Å². The molecule has 110 valence electrons. The van der Waals surface area contributed by atoms with Crippen molar-refractivity contribution >= 4 is 31.3 Å². The summed E-state index contributed by atoms with van der Waals surface area (Å²) in [5.41, 5.74) is 0.348. The molecule has 1 aromatic carbocycles. The first-order valence-electron chi connectivity index (χ1n) is 5.86. The molecular formula is C12H13ClFNO4S. The van der Waals surface area contributed by atoms with Crippen molar-refractivity contribution in [3.05, 3.63) is 24.0 Å². The number of carbonyl (C=O) groups is 1. The number of amides is 1. The van der Waals surface area contributed by atoms with Crippen LogP contribution in [0, 0.1) is 11.7 Å². The maximum atomic E-state index is 13.4. The van der Waals surface area contributed by atoms with Gasteiger partial charge < -0.3 is 9.64 Å². The van der Waals surface area contributed by atoms with Crippen molar-refractivity contribution in [1.82, 2.24) is 0 Å². The molecule has 0 spiro atoms. The first-order valence-corrected chi connectivity index (χ1v) is 8.33. The van der Waals surface area contributed by atoms with Crippen molar-refractivity contribution in [2.24, 2.45) is 5.92 Å². The van der Waals surface area contributed by atoms with Gasteiger partial charge in [0, 0.05) is 41.7 Å². The Morgan fingerprint density at radius 1 is 1.45 bits per heavy atom. The lowest BCUT2D eigenvalue weighted by Crippen LogP contribution is -2.25. The summed E-state index contributed by atoms with van der Waals surface area (Å²) in [7, 11) is 2.92. The van der Waals surface area contributed by atoms with Crippen LogP contribution in [0.2, 0.25) is 0 Å². The van der Waals surface area contributed by atoms with Gasteiger partial charge in [0.15, 0.2) is 0 Å². The van der Waals surface area contributed by atoms with Crippen LogP contribution in [0.15, 0.2) is 18.2 Å². The predicted octanol–water partition coefficient (Wildman–Crippen LogP) is 1.76. The third kappa shape index (κ3) is 3.61. The molecule has 1 aliphatic rings. The van der Waals surface area contributed by atoms with E-state index in [0.717, 1.165) is 0 Å². The molecule has 1 aliphatic heterocycles. The minimum Gasteiger partial charge on any atom is -0.497 e. The van der Waals surface area contributed by atoms with Crippen LogP contribution in [-0.2, 0) is 13.8 Å². The molecule has 0 aromatic heterocycles. The van der Waals surface area contributed by atoms with E-state index >= 15 is 0 Å². The zero-order chi connectivity index (χ0) is 14.9. The third-order valence-electron chi connectivity index (χ3n) is 3.04. The van der Waals surface area contributed by atoms with Crippen molar-refractivity contribution in [2.45, 2.75) is 6.42 Å². The SMILES string of the molecule is COc1cc(F)cc(N2CC(CS(=O)(=O)Cl)CC2=O)c1. The van der Waals surface area contributed by atoms with E-state index in [1.165, 1.54) is 30.2 Å². The molecule has 1 unspecified atom stereocenters. The minimum absolute atomic E-state index is 0.0742. The summed E-state index contributed by atoms with van der Waals surface area (Å²) in [4.78, 5) is 13.3. The number of hydrogen-bond acceptors (Lipinski definition) is 4. The molecule has 1 atom stereocenters. The fourth-order valence-corrected chi connectivity index (χ4v) is 3.57. The Kier molecular flexibility index (Phi) is 4.19. The van der Waals surface area contributed by atoms with Gasteiger partial charge in [-0.3, -0.25) is 4.79 Å². The van der Waals surface area contributed by atoms with Crippen LogP contribution in [0.5, 0.6) is 5.75 Å². The van der Waals surface area contributed by atoms with Crippen LogP contribution in [0.3, 0.4) is 0 Å². The Morgan fingerprint density at radius 2 is 2.15 bits per heavy atom. The lowest BCUT2D eigenvalue weighted by Gasteiger charge is -2.17. The number of nitrogens with zero attached hydrogens (tertiary/aromatic N) is 1. The zero-order valence-electron chi connectivity index (χ0n) is 10.7. The molecule has 8 heteroatoms.